The van der Waals surface area contributed by atoms with Crippen LogP contribution in [0.2, 0.25) is 0 Å². The molecule has 0 unspecified atom stereocenters. The number of thiazole rings is 1. The van der Waals surface area contributed by atoms with Gasteiger partial charge < -0.3 is 10.1 Å². The minimum atomic E-state index is -0.322. The summed E-state index contributed by atoms with van der Waals surface area (Å²) in [5.74, 6) is 1.16. The molecule has 2 aromatic heterocycles. The molecule has 2 aromatic carbocycles. The lowest BCUT2D eigenvalue weighted by atomic mass is 9.97. The van der Waals surface area contributed by atoms with Crippen LogP contribution in [0.4, 0.5) is 5.13 Å². The zero-order valence-corrected chi connectivity index (χ0v) is 19.4. The van der Waals surface area contributed by atoms with Crippen molar-refractivity contribution in [1.82, 2.24) is 19.7 Å². The van der Waals surface area contributed by atoms with E-state index in [2.05, 4.69) is 27.1 Å². The molecule has 0 aliphatic rings. The number of carbonyl (C=O) groups is 1. The maximum Gasteiger partial charge on any atom is 0.233 e. The molecule has 2 heterocycles. The molecule has 9 heteroatoms. The third kappa shape index (κ3) is 4.63. The number of hydrogen-bond acceptors (Lipinski definition) is 6. The van der Waals surface area contributed by atoms with Gasteiger partial charge in [-0.05, 0) is 47.6 Å². The van der Waals surface area contributed by atoms with E-state index >= 15 is 0 Å². The van der Waals surface area contributed by atoms with Gasteiger partial charge in [-0.3, -0.25) is 14.5 Å². The monoisotopic (exact) mass is 465 g/mol. The number of nitrogens with one attached hydrogen (secondary N) is 2. The van der Waals surface area contributed by atoms with Crippen molar-refractivity contribution < 1.29 is 9.53 Å². The zero-order valence-electron chi connectivity index (χ0n) is 17.8. The molecule has 1 atom stereocenters. The van der Waals surface area contributed by atoms with E-state index < -0.39 is 0 Å². The van der Waals surface area contributed by atoms with Crippen molar-refractivity contribution in [2.45, 2.75) is 25.8 Å². The summed E-state index contributed by atoms with van der Waals surface area (Å²) in [5.41, 5.74) is 1.76. The number of H-pyrrole nitrogens is 1. The van der Waals surface area contributed by atoms with Crippen LogP contribution < -0.4 is 10.1 Å². The number of hydrogen-bond donors (Lipinski definition) is 2. The van der Waals surface area contributed by atoms with E-state index in [0.29, 0.717) is 22.9 Å². The van der Waals surface area contributed by atoms with Crippen molar-refractivity contribution >= 4 is 45.4 Å². The van der Waals surface area contributed by atoms with Crippen LogP contribution in [0.3, 0.4) is 0 Å². The first kappa shape index (κ1) is 21.9. The van der Waals surface area contributed by atoms with Gasteiger partial charge in [0, 0.05) is 11.9 Å². The zero-order chi connectivity index (χ0) is 22.7. The van der Waals surface area contributed by atoms with Gasteiger partial charge in [-0.2, -0.15) is 5.10 Å². The number of anilines is 1. The Morgan fingerprint density at radius 1 is 1.34 bits per heavy atom. The minimum Gasteiger partial charge on any atom is -0.497 e. The van der Waals surface area contributed by atoms with Crippen LogP contribution >= 0.6 is 23.6 Å². The van der Waals surface area contributed by atoms with Crippen molar-refractivity contribution in [3.05, 3.63) is 76.3 Å². The number of amides is 1. The fourth-order valence-corrected chi connectivity index (χ4v) is 4.35. The standard InChI is InChI=1S/C23H23N5O2S2/c1-4-9-28-20(26-27-23(28)31)12-18-13-32-22(24-18)25-21(29)14(2)15-5-6-17-11-19(30-3)8-7-16(17)10-15/h4-8,10-11,13-14H,1,9,12H2,2-3H3,(H,27,31)(H,24,25,29)/t14-/m0/s1. The van der Waals surface area contributed by atoms with Gasteiger partial charge in [-0.1, -0.05) is 30.3 Å². The first-order chi connectivity index (χ1) is 15.5. The van der Waals surface area contributed by atoms with Crippen LogP contribution in [0, 0.1) is 4.77 Å². The average molecular weight is 466 g/mol. The van der Waals surface area contributed by atoms with E-state index in [-0.39, 0.29) is 11.8 Å². The number of benzene rings is 2. The maximum absolute atomic E-state index is 12.8. The van der Waals surface area contributed by atoms with Crippen LogP contribution in [0.1, 0.15) is 29.9 Å². The van der Waals surface area contributed by atoms with E-state index in [1.54, 1.807) is 13.2 Å². The van der Waals surface area contributed by atoms with Gasteiger partial charge in [0.25, 0.3) is 0 Å². The van der Waals surface area contributed by atoms with E-state index in [4.69, 9.17) is 17.0 Å². The van der Waals surface area contributed by atoms with Gasteiger partial charge in [0.2, 0.25) is 5.91 Å². The van der Waals surface area contributed by atoms with Gasteiger partial charge in [-0.15, -0.1) is 17.9 Å². The van der Waals surface area contributed by atoms with E-state index in [1.165, 1.54) is 11.3 Å². The Morgan fingerprint density at radius 2 is 2.12 bits per heavy atom. The summed E-state index contributed by atoms with van der Waals surface area (Å²) in [6.45, 7) is 6.22. The third-order valence-corrected chi connectivity index (χ3v) is 6.35. The van der Waals surface area contributed by atoms with Gasteiger partial charge in [0.05, 0.1) is 25.1 Å². The lowest BCUT2D eigenvalue weighted by molar-refractivity contribution is -0.117. The highest BCUT2D eigenvalue weighted by Gasteiger charge is 2.18. The average Bonchev–Trinajstić information content (AvgIpc) is 3.39. The molecule has 2 N–H and O–H groups in total. The largest absolute Gasteiger partial charge is 0.497 e. The molecule has 0 spiro atoms. The lowest BCUT2D eigenvalue weighted by Crippen LogP contribution is -2.18. The number of aromatic nitrogens is 4. The molecule has 7 nitrogen and oxygen atoms in total. The highest BCUT2D eigenvalue weighted by atomic mass is 32.1. The molecule has 0 aliphatic heterocycles. The number of allylic oxidation sites excluding steroid dienone is 1. The predicted octanol–water partition coefficient (Wildman–Crippen LogP) is 5.08. The Balaban J connectivity index is 1.45. The van der Waals surface area contributed by atoms with Crippen LogP contribution in [0.5, 0.6) is 5.75 Å². The first-order valence-corrected chi connectivity index (χ1v) is 11.3. The summed E-state index contributed by atoms with van der Waals surface area (Å²) in [6, 6.07) is 11.9. The van der Waals surface area contributed by atoms with Gasteiger partial charge in [-0.25, -0.2) is 4.98 Å². The highest BCUT2D eigenvalue weighted by molar-refractivity contribution is 7.71. The fourth-order valence-electron chi connectivity index (χ4n) is 3.41. The Labute approximate surface area is 194 Å². The lowest BCUT2D eigenvalue weighted by Gasteiger charge is -2.12. The quantitative estimate of drug-likeness (QED) is 0.280. The predicted molar refractivity (Wildman–Crippen MR) is 130 cm³/mol. The molecule has 0 bridgehead atoms. The molecular weight excluding hydrogens is 442 g/mol. The summed E-state index contributed by atoms with van der Waals surface area (Å²) in [6.07, 6.45) is 2.28. The normalized spacial score (nSPS) is 11.9. The van der Waals surface area contributed by atoms with Gasteiger partial charge in [0.1, 0.15) is 11.6 Å². The molecule has 32 heavy (non-hydrogen) atoms. The first-order valence-electron chi connectivity index (χ1n) is 10.1. The molecule has 164 valence electrons. The second-order valence-electron chi connectivity index (χ2n) is 7.35. The van der Waals surface area contributed by atoms with Gasteiger partial charge >= 0.3 is 0 Å². The number of carbonyl (C=O) groups excluding carboxylic acids is 1. The molecule has 0 saturated heterocycles. The van der Waals surface area contributed by atoms with Crippen molar-refractivity contribution in [3.63, 3.8) is 0 Å². The van der Waals surface area contributed by atoms with Gasteiger partial charge in [0.15, 0.2) is 9.90 Å². The molecule has 0 fully saturated rings. The number of ether oxygens (including phenoxy) is 1. The number of fused-ring (bicyclic) bond motifs is 1. The van der Waals surface area contributed by atoms with Crippen molar-refractivity contribution in [1.29, 1.82) is 0 Å². The molecule has 0 saturated carbocycles. The Hall–Kier alpha value is -3.30. The third-order valence-electron chi connectivity index (χ3n) is 5.23. The summed E-state index contributed by atoms with van der Waals surface area (Å²) >= 11 is 6.64. The summed E-state index contributed by atoms with van der Waals surface area (Å²) in [5, 5.41) is 14.6. The molecule has 0 radical (unpaired) electrons. The minimum absolute atomic E-state index is 0.104. The van der Waals surface area contributed by atoms with Crippen LogP contribution in [0.25, 0.3) is 10.8 Å². The number of methoxy groups -OCH3 is 1. The second kappa shape index (κ2) is 9.46. The van der Waals surface area contributed by atoms with E-state index in [1.807, 2.05) is 53.3 Å². The molecule has 4 rings (SSSR count). The molecule has 0 aliphatic carbocycles. The van der Waals surface area contributed by atoms with Crippen LogP contribution in [-0.2, 0) is 17.8 Å². The van der Waals surface area contributed by atoms with Crippen molar-refractivity contribution in [3.8, 4) is 5.75 Å². The Bertz CT molecular complexity index is 1340. The highest BCUT2D eigenvalue weighted by Crippen LogP contribution is 2.26. The smallest absolute Gasteiger partial charge is 0.233 e. The number of aromatic amines is 1. The van der Waals surface area contributed by atoms with Crippen LogP contribution in [-0.4, -0.2) is 32.8 Å². The Morgan fingerprint density at radius 3 is 2.91 bits per heavy atom. The van der Waals surface area contributed by atoms with E-state index in [9.17, 15) is 4.79 Å². The van der Waals surface area contributed by atoms with Crippen LogP contribution in [0.15, 0.2) is 54.4 Å². The maximum atomic E-state index is 12.8. The molecule has 1 amide bonds. The molecule has 4 aromatic rings. The number of nitrogens with zero attached hydrogens (tertiary/aromatic N) is 3. The number of rotatable bonds is 8. The topological polar surface area (TPSA) is 84.8 Å². The Kier molecular flexibility index (Phi) is 6.48. The summed E-state index contributed by atoms with van der Waals surface area (Å²) < 4.78 is 7.70. The summed E-state index contributed by atoms with van der Waals surface area (Å²) in [7, 11) is 1.65. The van der Waals surface area contributed by atoms with E-state index in [0.717, 1.165) is 33.6 Å². The van der Waals surface area contributed by atoms with Crippen molar-refractivity contribution in [2.75, 3.05) is 12.4 Å². The molecular formula is C23H23N5O2S2. The van der Waals surface area contributed by atoms with Crippen molar-refractivity contribution in [2.24, 2.45) is 0 Å². The SMILES string of the molecule is C=CCn1c(Cc2csc(NC(=O)[C@@H](C)c3ccc4cc(OC)ccc4c3)n2)n[nH]c1=S. The fraction of sp³-hybridized carbons (Fsp3) is 0.217. The summed E-state index contributed by atoms with van der Waals surface area (Å²) in [4.78, 5) is 17.4. The second-order valence-corrected chi connectivity index (χ2v) is 8.59.